The van der Waals surface area contributed by atoms with Gasteiger partial charge in [-0.15, -0.1) is 0 Å². The smallest absolute Gasteiger partial charge is 0.372 e. The van der Waals surface area contributed by atoms with Crippen LogP contribution in [0.1, 0.15) is 32.3 Å². The number of nitrogens with zero attached hydrogens (tertiary/aromatic N) is 1. The number of hydrogen-bond acceptors (Lipinski definition) is 3. The van der Waals surface area contributed by atoms with Gasteiger partial charge >= 0.3 is 5.97 Å². The second kappa shape index (κ2) is 8.97. The first-order chi connectivity index (χ1) is 10.4. The highest BCUT2D eigenvalue weighted by Crippen LogP contribution is 2.07. The fourth-order valence-electron chi connectivity index (χ4n) is 2.01. The molecule has 22 heavy (non-hydrogen) atoms. The van der Waals surface area contributed by atoms with E-state index < -0.39 is 24.1 Å². The lowest BCUT2D eigenvalue weighted by Crippen LogP contribution is -2.36. The Labute approximate surface area is 130 Å². The minimum Gasteiger partial charge on any atom is -0.475 e. The maximum atomic E-state index is 12.1. The van der Waals surface area contributed by atoms with Crippen LogP contribution < -0.4 is 0 Å². The molecule has 0 bridgehead atoms. The molecule has 0 aromatic heterocycles. The normalized spacial score (nSPS) is 10.5. The van der Waals surface area contributed by atoms with Crippen LogP contribution in [0.3, 0.4) is 0 Å². The lowest BCUT2D eigenvalue weighted by Gasteiger charge is -2.23. The summed E-state index contributed by atoms with van der Waals surface area (Å²) < 4.78 is 0. The molecular formula is C17H23NO4. The van der Waals surface area contributed by atoms with Gasteiger partial charge in [0.25, 0.3) is 0 Å². The summed E-state index contributed by atoms with van der Waals surface area (Å²) in [5, 5.41) is 8.62. The third-order valence-corrected chi connectivity index (χ3v) is 3.39. The molecule has 1 amide bonds. The minimum absolute atomic E-state index is 0.413. The number of benzene rings is 1. The van der Waals surface area contributed by atoms with Gasteiger partial charge in [0.1, 0.15) is 0 Å². The molecule has 0 saturated carbocycles. The molecule has 5 heteroatoms. The fourth-order valence-corrected chi connectivity index (χ4v) is 2.01. The quantitative estimate of drug-likeness (QED) is 0.560. The topological polar surface area (TPSA) is 74.7 Å². The summed E-state index contributed by atoms with van der Waals surface area (Å²) in [6.07, 6.45) is 0.940. The first-order valence-electron chi connectivity index (χ1n) is 7.48. The summed E-state index contributed by atoms with van der Waals surface area (Å²) in [6.45, 7) is 5.14. The molecule has 1 rings (SSSR count). The Balaban J connectivity index is 2.64. The lowest BCUT2D eigenvalue weighted by molar-refractivity contribution is -0.151. The Kier molecular flexibility index (Phi) is 7.29. The second-order valence-electron chi connectivity index (χ2n) is 5.70. The van der Waals surface area contributed by atoms with Crippen LogP contribution >= 0.6 is 0 Å². The monoisotopic (exact) mass is 305 g/mol. The van der Waals surface area contributed by atoms with Gasteiger partial charge in [-0.05, 0) is 24.3 Å². The van der Waals surface area contributed by atoms with Crippen molar-refractivity contribution in [3.63, 3.8) is 0 Å². The van der Waals surface area contributed by atoms with Crippen LogP contribution in [0.4, 0.5) is 0 Å². The summed E-state index contributed by atoms with van der Waals surface area (Å²) in [5.41, 5.74) is 1.11. The van der Waals surface area contributed by atoms with Gasteiger partial charge in [0, 0.05) is 13.1 Å². The molecule has 0 saturated heterocycles. The van der Waals surface area contributed by atoms with E-state index in [4.69, 9.17) is 5.11 Å². The lowest BCUT2D eigenvalue weighted by atomic mass is 10.1. The standard InChI is InChI=1S/C17H23NO4/c1-13(2)8-10-18(16(20)12-15(19)17(21)22)11-9-14-6-4-3-5-7-14/h3-7,13H,8-12H2,1-2H3,(H,21,22). The highest BCUT2D eigenvalue weighted by Gasteiger charge is 2.21. The molecule has 0 fully saturated rings. The van der Waals surface area contributed by atoms with Crippen molar-refractivity contribution >= 4 is 17.7 Å². The number of hydrogen-bond donors (Lipinski definition) is 1. The number of amides is 1. The van der Waals surface area contributed by atoms with Crippen LogP contribution in [0.25, 0.3) is 0 Å². The Bertz CT molecular complexity index is 511. The van der Waals surface area contributed by atoms with E-state index in [2.05, 4.69) is 13.8 Å². The maximum Gasteiger partial charge on any atom is 0.372 e. The molecule has 0 spiro atoms. The Morgan fingerprint density at radius 2 is 1.73 bits per heavy atom. The molecule has 0 aliphatic heterocycles. The van der Waals surface area contributed by atoms with Crippen molar-refractivity contribution in [3.05, 3.63) is 35.9 Å². The van der Waals surface area contributed by atoms with Crippen LogP contribution in [0.15, 0.2) is 30.3 Å². The van der Waals surface area contributed by atoms with Crippen molar-refractivity contribution in [1.29, 1.82) is 0 Å². The van der Waals surface area contributed by atoms with E-state index in [0.29, 0.717) is 25.4 Å². The van der Waals surface area contributed by atoms with Crippen molar-refractivity contribution in [3.8, 4) is 0 Å². The Morgan fingerprint density at radius 3 is 2.27 bits per heavy atom. The van der Waals surface area contributed by atoms with Crippen molar-refractivity contribution < 1.29 is 19.5 Å². The van der Waals surface area contributed by atoms with E-state index in [1.807, 2.05) is 30.3 Å². The molecule has 5 nitrogen and oxygen atoms in total. The van der Waals surface area contributed by atoms with Crippen LogP contribution in [0, 0.1) is 5.92 Å². The summed E-state index contributed by atoms with van der Waals surface area (Å²) >= 11 is 0. The Morgan fingerprint density at radius 1 is 1.09 bits per heavy atom. The molecule has 1 aromatic carbocycles. The average molecular weight is 305 g/mol. The number of ketones is 1. The molecule has 0 atom stereocenters. The third kappa shape index (κ3) is 6.52. The summed E-state index contributed by atoms with van der Waals surface area (Å²) in [4.78, 5) is 35.5. The second-order valence-corrected chi connectivity index (χ2v) is 5.70. The zero-order valence-corrected chi connectivity index (χ0v) is 13.1. The van der Waals surface area contributed by atoms with Gasteiger partial charge in [-0.1, -0.05) is 44.2 Å². The van der Waals surface area contributed by atoms with Gasteiger partial charge in [-0.25, -0.2) is 4.79 Å². The highest BCUT2D eigenvalue weighted by molar-refractivity contribution is 6.36. The van der Waals surface area contributed by atoms with E-state index in [1.165, 1.54) is 0 Å². The molecule has 0 unspecified atom stereocenters. The zero-order valence-electron chi connectivity index (χ0n) is 13.1. The summed E-state index contributed by atoms with van der Waals surface area (Å²) in [6, 6.07) is 9.75. The van der Waals surface area contributed by atoms with Gasteiger partial charge in [0.15, 0.2) is 0 Å². The zero-order chi connectivity index (χ0) is 16.5. The number of Topliss-reactive ketones (excluding diaryl/α,β-unsaturated/α-hetero) is 1. The largest absolute Gasteiger partial charge is 0.475 e. The molecule has 0 radical (unpaired) electrons. The maximum absolute atomic E-state index is 12.1. The van der Waals surface area contributed by atoms with Crippen molar-refractivity contribution in [2.75, 3.05) is 13.1 Å². The van der Waals surface area contributed by atoms with E-state index in [9.17, 15) is 14.4 Å². The molecule has 0 aliphatic rings. The van der Waals surface area contributed by atoms with Crippen LogP contribution in [0.5, 0.6) is 0 Å². The first kappa shape index (κ1) is 17.9. The number of carbonyl (C=O) groups excluding carboxylic acids is 2. The van der Waals surface area contributed by atoms with E-state index in [0.717, 1.165) is 12.0 Å². The number of carboxylic acids is 1. The highest BCUT2D eigenvalue weighted by atomic mass is 16.4. The summed E-state index contributed by atoms with van der Waals surface area (Å²) in [7, 11) is 0. The first-order valence-corrected chi connectivity index (χ1v) is 7.48. The fraction of sp³-hybridized carbons (Fsp3) is 0.471. The Hall–Kier alpha value is -2.17. The third-order valence-electron chi connectivity index (χ3n) is 3.39. The van der Waals surface area contributed by atoms with Gasteiger partial charge in [0.2, 0.25) is 11.7 Å². The molecule has 0 heterocycles. The number of aliphatic carboxylic acids is 1. The van der Waals surface area contributed by atoms with E-state index in [1.54, 1.807) is 4.90 Å². The predicted molar refractivity (Wildman–Crippen MR) is 83.4 cm³/mol. The SMILES string of the molecule is CC(C)CCN(CCc1ccccc1)C(=O)CC(=O)C(=O)O. The van der Waals surface area contributed by atoms with Gasteiger partial charge in [0.05, 0.1) is 6.42 Å². The number of carboxylic acid groups (broad SMARTS) is 1. The molecule has 1 aromatic rings. The number of carbonyl (C=O) groups is 3. The molecule has 0 aliphatic carbocycles. The van der Waals surface area contributed by atoms with Crippen LogP contribution in [0.2, 0.25) is 0 Å². The van der Waals surface area contributed by atoms with E-state index >= 15 is 0 Å². The molecular weight excluding hydrogens is 282 g/mol. The number of rotatable bonds is 9. The summed E-state index contributed by atoms with van der Waals surface area (Å²) in [5.74, 6) is -2.59. The van der Waals surface area contributed by atoms with Crippen molar-refractivity contribution in [2.45, 2.75) is 33.1 Å². The van der Waals surface area contributed by atoms with Crippen LogP contribution in [-0.4, -0.2) is 40.8 Å². The van der Waals surface area contributed by atoms with Crippen LogP contribution in [-0.2, 0) is 20.8 Å². The minimum atomic E-state index is -1.56. The van der Waals surface area contributed by atoms with Gasteiger partial charge < -0.3 is 10.0 Å². The average Bonchev–Trinajstić information content (AvgIpc) is 2.47. The molecule has 1 N–H and O–H groups in total. The van der Waals surface area contributed by atoms with Gasteiger partial charge in [-0.2, -0.15) is 0 Å². The predicted octanol–water partition coefficient (Wildman–Crippen LogP) is 2.15. The van der Waals surface area contributed by atoms with Gasteiger partial charge in [-0.3, -0.25) is 9.59 Å². The van der Waals surface area contributed by atoms with E-state index in [-0.39, 0.29) is 0 Å². The van der Waals surface area contributed by atoms with Crippen molar-refractivity contribution in [1.82, 2.24) is 4.90 Å². The van der Waals surface area contributed by atoms with Crippen molar-refractivity contribution in [2.24, 2.45) is 5.92 Å². The molecule has 120 valence electrons.